The Labute approximate surface area is 151 Å². The number of benzene rings is 1. The Kier molecular flexibility index (Phi) is 5.98. The number of ether oxygens (including phenoxy) is 1. The molecule has 0 aromatic heterocycles. The third-order valence-electron chi connectivity index (χ3n) is 3.82. The molecule has 0 saturated carbocycles. The monoisotopic (exact) mass is 383 g/mol. The maximum atomic E-state index is 12.3. The van der Waals surface area contributed by atoms with Crippen molar-refractivity contribution < 1.29 is 27.5 Å². The van der Waals surface area contributed by atoms with Crippen LogP contribution in [0.2, 0.25) is 0 Å². The molecule has 1 aromatic rings. The van der Waals surface area contributed by atoms with Crippen LogP contribution in [0.4, 0.5) is 4.79 Å². The Bertz CT molecular complexity index is 836. The van der Waals surface area contributed by atoms with Gasteiger partial charge in [0, 0.05) is 13.1 Å². The topological polar surface area (TPSA) is 122 Å². The lowest BCUT2D eigenvalue weighted by atomic mass is 10.2. The molecule has 2 N–H and O–H groups in total. The summed E-state index contributed by atoms with van der Waals surface area (Å²) in [5, 5.41) is 2.47. The Morgan fingerprint density at radius 3 is 2.65 bits per heavy atom. The van der Waals surface area contributed by atoms with Crippen LogP contribution in [0.15, 0.2) is 23.1 Å². The van der Waals surface area contributed by atoms with Crippen molar-refractivity contribution in [3.63, 3.8) is 0 Å². The van der Waals surface area contributed by atoms with Crippen LogP contribution in [0.3, 0.4) is 0 Å². The van der Waals surface area contributed by atoms with Crippen molar-refractivity contribution >= 4 is 27.9 Å². The number of urea groups is 1. The maximum absolute atomic E-state index is 12.3. The van der Waals surface area contributed by atoms with Gasteiger partial charge in [0.1, 0.15) is 6.54 Å². The average Bonchev–Trinajstić information content (AvgIpc) is 3.00. The van der Waals surface area contributed by atoms with Gasteiger partial charge in [-0.15, -0.1) is 0 Å². The van der Waals surface area contributed by atoms with E-state index in [0.717, 1.165) is 10.5 Å². The number of carbonyl (C=O) groups is 3. The molecule has 1 heterocycles. The minimum Gasteiger partial charge on any atom is -0.452 e. The molecule has 3 amide bonds. The van der Waals surface area contributed by atoms with Gasteiger partial charge in [-0.2, -0.15) is 4.72 Å². The molecule has 142 valence electrons. The zero-order valence-corrected chi connectivity index (χ0v) is 15.6. The second-order valence-electron chi connectivity index (χ2n) is 5.95. The Balaban J connectivity index is 1.94. The molecule has 1 fully saturated rings. The minimum absolute atomic E-state index is 0.0724. The van der Waals surface area contributed by atoms with Gasteiger partial charge in [0.2, 0.25) is 10.0 Å². The van der Waals surface area contributed by atoms with Crippen LogP contribution in [-0.4, -0.2) is 57.0 Å². The van der Waals surface area contributed by atoms with E-state index in [1.54, 1.807) is 26.0 Å². The number of imide groups is 1. The molecular weight excluding hydrogens is 362 g/mol. The second kappa shape index (κ2) is 7.83. The van der Waals surface area contributed by atoms with Crippen LogP contribution in [0.25, 0.3) is 0 Å². The summed E-state index contributed by atoms with van der Waals surface area (Å²) in [6, 6.07) is 4.41. The molecule has 1 saturated heterocycles. The smallest absolute Gasteiger partial charge is 0.324 e. The van der Waals surface area contributed by atoms with E-state index >= 15 is 0 Å². The first kappa shape index (κ1) is 19.9. The fourth-order valence-electron chi connectivity index (χ4n) is 2.42. The minimum atomic E-state index is -3.90. The van der Waals surface area contributed by atoms with E-state index in [1.165, 1.54) is 13.0 Å². The number of carbonyl (C=O) groups excluding carboxylic acids is 3. The summed E-state index contributed by atoms with van der Waals surface area (Å²) in [7, 11) is -3.90. The first-order valence-electron chi connectivity index (χ1n) is 7.97. The number of aryl methyl sites for hydroxylation is 2. The number of hydrogen-bond donors (Lipinski definition) is 2. The normalized spacial score (nSPS) is 15.5. The zero-order valence-electron chi connectivity index (χ0n) is 14.7. The number of rotatable bonds is 6. The van der Waals surface area contributed by atoms with Gasteiger partial charge < -0.3 is 10.1 Å². The summed E-state index contributed by atoms with van der Waals surface area (Å²) in [5.74, 6) is -1.58. The molecule has 1 aliphatic rings. The SMILES string of the molecule is Cc1ccc(C)c(S(=O)(=O)NCC(=O)O[C@@H](C)C(=O)N2CCNC2=O)c1. The highest BCUT2D eigenvalue weighted by Crippen LogP contribution is 2.16. The second-order valence-corrected chi connectivity index (χ2v) is 7.68. The van der Waals surface area contributed by atoms with Gasteiger partial charge in [-0.3, -0.25) is 14.5 Å². The lowest BCUT2D eigenvalue weighted by Crippen LogP contribution is -2.43. The van der Waals surface area contributed by atoms with Crippen LogP contribution in [0, 0.1) is 13.8 Å². The Morgan fingerprint density at radius 2 is 2.04 bits per heavy atom. The summed E-state index contributed by atoms with van der Waals surface area (Å²) < 4.78 is 31.7. The lowest BCUT2D eigenvalue weighted by molar-refractivity contribution is -0.156. The van der Waals surface area contributed by atoms with Crippen molar-refractivity contribution in [3.05, 3.63) is 29.3 Å². The summed E-state index contributed by atoms with van der Waals surface area (Å²) in [5.41, 5.74) is 1.31. The summed E-state index contributed by atoms with van der Waals surface area (Å²) in [6.45, 7) is 4.63. The van der Waals surface area contributed by atoms with Crippen LogP contribution in [0.1, 0.15) is 18.1 Å². The predicted octanol–water partition coefficient (Wildman–Crippen LogP) is 0.0652. The molecule has 0 aliphatic carbocycles. The van der Waals surface area contributed by atoms with E-state index in [9.17, 15) is 22.8 Å². The predicted molar refractivity (Wildman–Crippen MR) is 91.8 cm³/mol. The van der Waals surface area contributed by atoms with E-state index in [4.69, 9.17) is 4.74 Å². The maximum Gasteiger partial charge on any atom is 0.324 e. The molecule has 0 bridgehead atoms. The molecule has 0 radical (unpaired) electrons. The molecule has 26 heavy (non-hydrogen) atoms. The lowest BCUT2D eigenvalue weighted by Gasteiger charge is -2.18. The first-order valence-corrected chi connectivity index (χ1v) is 9.46. The fourth-order valence-corrected chi connectivity index (χ4v) is 3.72. The van der Waals surface area contributed by atoms with Gasteiger partial charge in [-0.1, -0.05) is 12.1 Å². The van der Waals surface area contributed by atoms with Crippen LogP contribution in [0.5, 0.6) is 0 Å². The molecule has 1 aliphatic heterocycles. The molecule has 9 nitrogen and oxygen atoms in total. The summed E-state index contributed by atoms with van der Waals surface area (Å²) in [4.78, 5) is 36.4. The van der Waals surface area contributed by atoms with E-state index in [2.05, 4.69) is 10.0 Å². The Morgan fingerprint density at radius 1 is 1.35 bits per heavy atom. The van der Waals surface area contributed by atoms with Gasteiger partial charge in [-0.05, 0) is 38.0 Å². The Hall–Kier alpha value is -2.46. The average molecular weight is 383 g/mol. The highest BCUT2D eigenvalue weighted by molar-refractivity contribution is 7.89. The number of hydrogen-bond acceptors (Lipinski definition) is 6. The number of sulfonamides is 1. The van der Waals surface area contributed by atoms with Crippen molar-refractivity contribution in [3.8, 4) is 0 Å². The quantitative estimate of drug-likeness (QED) is 0.670. The van der Waals surface area contributed by atoms with Gasteiger partial charge in [0.15, 0.2) is 6.10 Å². The van der Waals surface area contributed by atoms with E-state index in [0.29, 0.717) is 12.1 Å². The molecule has 0 unspecified atom stereocenters. The van der Waals surface area contributed by atoms with Gasteiger partial charge in [0.05, 0.1) is 4.90 Å². The van der Waals surface area contributed by atoms with Crippen molar-refractivity contribution in [2.75, 3.05) is 19.6 Å². The zero-order chi connectivity index (χ0) is 19.5. The molecule has 10 heteroatoms. The molecular formula is C16H21N3O6S. The van der Waals surface area contributed by atoms with Gasteiger partial charge >= 0.3 is 12.0 Å². The number of esters is 1. The number of nitrogens with zero attached hydrogens (tertiary/aromatic N) is 1. The van der Waals surface area contributed by atoms with Crippen molar-refractivity contribution in [2.24, 2.45) is 0 Å². The highest BCUT2D eigenvalue weighted by Gasteiger charge is 2.31. The molecule has 2 rings (SSSR count). The van der Waals surface area contributed by atoms with E-state index in [-0.39, 0.29) is 11.4 Å². The first-order chi connectivity index (χ1) is 12.1. The standard InChI is InChI=1S/C16H21N3O6S/c1-10-4-5-11(2)13(8-10)26(23,24)18-9-14(20)25-12(3)15(21)19-7-6-17-16(19)22/h4-5,8,12,18H,6-7,9H2,1-3H3,(H,17,22)/t12-/m0/s1. The number of amides is 3. The fraction of sp³-hybridized carbons (Fsp3) is 0.438. The molecule has 1 aromatic carbocycles. The number of nitrogens with one attached hydrogen (secondary N) is 2. The van der Waals surface area contributed by atoms with Crippen molar-refractivity contribution in [1.82, 2.24) is 14.9 Å². The molecule has 1 atom stereocenters. The van der Waals surface area contributed by atoms with Gasteiger partial charge in [0.25, 0.3) is 5.91 Å². The summed E-state index contributed by atoms with van der Waals surface area (Å²) >= 11 is 0. The van der Waals surface area contributed by atoms with Crippen LogP contribution >= 0.6 is 0 Å². The van der Waals surface area contributed by atoms with Crippen LogP contribution < -0.4 is 10.0 Å². The highest BCUT2D eigenvalue weighted by atomic mass is 32.2. The summed E-state index contributed by atoms with van der Waals surface area (Å²) in [6.07, 6.45) is -1.20. The van der Waals surface area contributed by atoms with E-state index < -0.39 is 40.6 Å². The van der Waals surface area contributed by atoms with Crippen LogP contribution in [-0.2, 0) is 24.3 Å². The third kappa shape index (κ3) is 4.58. The largest absolute Gasteiger partial charge is 0.452 e. The van der Waals surface area contributed by atoms with Gasteiger partial charge in [-0.25, -0.2) is 13.2 Å². The van der Waals surface area contributed by atoms with E-state index in [1.807, 2.05) is 0 Å². The van der Waals surface area contributed by atoms with Crippen molar-refractivity contribution in [2.45, 2.75) is 31.8 Å². The molecule has 0 spiro atoms. The van der Waals surface area contributed by atoms with Crippen molar-refractivity contribution in [1.29, 1.82) is 0 Å². The third-order valence-corrected chi connectivity index (χ3v) is 5.36.